The Morgan fingerprint density at radius 1 is 1.35 bits per heavy atom. The highest BCUT2D eigenvalue weighted by Gasteiger charge is 2.25. The summed E-state index contributed by atoms with van der Waals surface area (Å²) in [5.74, 6) is 0. The maximum absolute atomic E-state index is 4.59. The number of nitrogens with zero attached hydrogens (tertiary/aromatic N) is 5. The summed E-state index contributed by atoms with van der Waals surface area (Å²) in [6, 6.07) is 2.74. The van der Waals surface area contributed by atoms with Crippen molar-refractivity contribution in [2.24, 2.45) is 7.05 Å². The van der Waals surface area contributed by atoms with E-state index in [1.807, 2.05) is 17.9 Å². The molecule has 1 saturated heterocycles. The minimum atomic E-state index is 0.591. The van der Waals surface area contributed by atoms with Gasteiger partial charge in [-0.3, -0.25) is 14.3 Å². The smallest absolute Gasteiger partial charge is 0.0596 e. The van der Waals surface area contributed by atoms with Gasteiger partial charge in [0.05, 0.1) is 18.4 Å². The summed E-state index contributed by atoms with van der Waals surface area (Å²) in [4.78, 5) is 2.56. The number of likely N-dealkylation sites (tertiary alicyclic amines) is 1. The topological polar surface area (TPSA) is 38.9 Å². The third-order valence-electron chi connectivity index (χ3n) is 4.13. The molecule has 0 N–H and O–H groups in total. The first-order valence-electron chi connectivity index (χ1n) is 7.34. The van der Waals surface area contributed by atoms with Crippen molar-refractivity contribution < 1.29 is 0 Å². The van der Waals surface area contributed by atoms with Gasteiger partial charge in [-0.05, 0) is 39.3 Å². The normalized spacial score (nSPS) is 19.9. The average Bonchev–Trinajstić information content (AvgIpc) is 3.05. The molecule has 0 amide bonds. The maximum Gasteiger partial charge on any atom is 0.0596 e. The van der Waals surface area contributed by atoms with Crippen LogP contribution in [-0.2, 0) is 20.1 Å². The van der Waals surface area contributed by atoms with Gasteiger partial charge in [0.15, 0.2) is 0 Å². The van der Waals surface area contributed by atoms with Gasteiger partial charge >= 0.3 is 0 Å². The molecule has 2 aromatic heterocycles. The van der Waals surface area contributed by atoms with Gasteiger partial charge in [-0.25, -0.2) is 0 Å². The molecule has 1 aliphatic rings. The third kappa shape index (κ3) is 2.77. The van der Waals surface area contributed by atoms with Crippen LogP contribution in [-0.4, -0.2) is 37.0 Å². The number of aryl methyl sites for hydroxylation is 3. The van der Waals surface area contributed by atoms with E-state index in [0.29, 0.717) is 6.04 Å². The second-order valence-corrected chi connectivity index (χ2v) is 5.90. The van der Waals surface area contributed by atoms with Gasteiger partial charge in [0.25, 0.3) is 0 Å². The maximum atomic E-state index is 4.59. The van der Waals surface area contributed by atoms with Gasteiger partial charge in [0.1, 0.15) is 0 Å². The fourth-order valence-electron chi connectivity index (χ4n) is 3.16. The molecule has 0 aromatic carbocycles. The van der Waals surface area contributed by atoms with Gasteiger partial charge in [0.2, 0.25) is 0 Å². The first-order chi connectivity index (χ1) is 9.61. The van der Waals surface area contributed by atoms with Crippen molar-refractivity contribution in [2.75, 3.05) is 6.54 Å². The van der Waals surface area contributed by atoms with Crippen LogP contribution in [0.3, 0.4) is 0 Å². The SMILES string of the molecule is Cc1cc(C)n(C[C@@H]2CCCN2Cc2cnn(C)c2)n1. The molecule has 3 rings (SSSR count). The highest BCUT2D eigenvalue weighted by atomic mass is 15.3. The van der Waals surface area contributed by atoms with Crippen LogP contribution in [0, 0.1) is 13.8 Å². The van der Waals surface area contributed by atoms with Gasteiger partial charge < -0.3 is 0 Å². The molecular formula is C15H23N5. The highest BCUT2D eigenvalue weighted by molar-refractivity contribution is 5.07. The Bertz CT molecular complexity index is 583. The minimum Gasteiger partial charge on any atom is -0.294 e. The molecule has 1 fully saturated rings. The molecule has 1 aliphatic heterocycles. The summed E-state index contributed by atoms with van der Waals surface area (Å²) >= 11 is 0. The van der Waals surface area contributed by atoms with Crippen LogP contribution in [0.4, 0.5) is 0 Å². The van der Waals surface area contributed by atoms with E-state index >= 15 is 0 Å². The Balaban J connectivity index is 1.67. The third-order valence-corrected chi connectivity index (χ3v) is 4.13. The first kappa shape index (κ1) is 13.4. The molecule has 0 bridgehead atoms. The molecule has 0 aliphatic carbocycles. The summed E-state index contributed by atoms with van der Waals surface area (Å²) < 4.78 is 4.03. The Labute approximate surface area is 120 Å². The number of hydrogen-bond donors (Lipinski definition) is 0. The van der Waals surface area contributed by atoms with Crippen LogP contribution in [0.5, 0.6) is 0 Å². The van der Waals surface area contributed by atoms with Crippen LogP contribution in [0.25, 0.3) is 0 Å². The summed E-state index contributed by atoms with van der Waals surface area (Å²) in [6.45, 7) is 7.38. The first-order valence-corrected chi connectivity index (χ1v) is 7.34. The molecule has 2 aromatic rings. The molecule has 5 nitrogen and oxygen atoms in total. The van der Waals surface area contributed by atoms with Crippen LogP contribution < -0.4 is 0 Å². The highest BCUT2D eigenvalue weighted by Crippen LogP contribution is 2.21. The predicted octanol–water partition coefficient (Wildman–Crippen LogP) is 1.90. The Morgan fingerprint density at radius 3 is 2.85 bits per heavy atom. The molecule has 1 atom stereocenters. The molecule has 20 heavy (non-hydrogen) atoms. The Morgan fingerprint density at radius 2 is 2.20 bits per heavy atom. The summed E-state index contributed by atoms with van der Waals surface area (Å²) in [5.41, 5.74) is 3.67. The number of aromatic nitrogens is 4. The quantitative estimate of drug-likeness (QED) is 0.854. The van der Waals surface area contributed by atoms with Crippen LogP contribution in [0.15, 0.2) is 18.5 Å². The van der Waals surface area contributed by atoms with E-state index < -0.39 is 0 Å². The van der Waals surface area contributed by atoms with Crippen molar-refractivity contribution in [1.29, 1.82) is 0 Å². The fourth-order valence-corrected chi connectivity index (χ4v) is 3.16. The van der Waals surface area contributed by atoms with E-state index in [1.54, 1.807) is 0 Å². The van der Waals surface area contributed by atoms with Crippen molar-refractivity contribution in [3.63, 3.8) is 0 Å². The van der Waals surface area contributed by atoms with E-state index in [1.165, 1.54) is 30.6 Å². The second-order valence-electron chi connectivity index (χ2n) is 5.90. The molecular weight excluding hydrogens is 250 g/mol. The van der Waals surface area contributed by atoms with Gasteiger partial charge in [-0.15, -0.1) is 0 Å². The lowest BCUT2D eigenvalue weighted by molar-refractivity contribution is 0.218. The van der Waals surface area contributed by atoms with Crippen molar-refractivity contribution in [3.05, 3.63) is 35.4 Å². The largest absolute Gasteiger partial charge is 0.294 e. The molecule has 0 saturated carbocycles. The second kappa shape index (κ2) is 5.40. The van der Waals surface area contributed by atoms with Gasteiger partial charge in [-0.2, -0.15) is 10.2 Å². The zero-order chi connectivity index (χ0) is 14.1. The Hall–Kier alpha value is -1.62. The van der Waals surface area contributed by atoms with Crippen LogP contribution in [0.1, 0.15) is 29.8 Å². The number of rotatable bonds is 4. The minimum absolute atomic E-state index is 0.591. The van der Waals surface area contributed by atoms with Crippen molar-refractivity contribution >= 4 is 0 Å². The van der Waals surface area contributed by atoms with E-state index in [9.17, 15) is 0 Å². The zero-order valence-corrected chi connectivity index (χ0v) is 12.6. The lowest BCUT2D eigenvalue weighted by Crippen LogP contribution is -2.33. The lowest BCUT2D eigenvalue weighted by atomic mass is 10.2. The van der Waals surface area contributed by atoms with Gasteiger partial charge in [-0.1, -0.05) is 0 Å². The van der Waals surface area contributed by atoms with Gasteiger partial charge in [0, 0.05) is 37.1 Å². The molecule has 108 valence electrons. The van der Waals surface area contributed by atoms with E-state index in [2.05, 4.69) is 45.9 Å². The lowest BCUT2D eigenvalue weighted by Gasteiger charge is -2.24. The van der Waals surface area contributed by atoms with Crippen molar-refractivity contribution in [3.8, 4) is 0 Å². The molecule has 3 heterocycles. The standard InChI is InChI=1S/C15H23N5/c1-12-7-13(2)20(17-12)11-15-5-4-6-19(15)10-14-8-16-18(3)9-14/h7-9,15H,4-6,10-11H2,1-3H3/t15-/m0/s1. The van der Waals surface area contributed by atoms with E-state index in [-0.39, 0.29) is 0 Å². The van der Waals surface area contributed by atoms with E-state index in [0.717, 1.165) is 18.8 Å². The summed E-state index contributed by atoms with van der Waals surface area (Å²) in [6.07, 6.45) is 6.63. The number of hydrogen-bond acceptors (Lipinski definition) is 3. The Kier molecular flexibility index (Phi) is 3.61. The molecule has 0 spiro atoms. The average molecular weight is 273 g/mol. The van der Waals surface area contributed by atoms with Crippen LogP contribution >= 0.6 is 0 Å². The monoisotopic (exact) mass is 273 g/mol. The fraction of sp³-hybridized carbons (Fsp3) is 0.600. The molecule has 5 heteroatoms. The van der Waals surface area contributed by atoms with Crippen molar-refractivity contribution in [1.82, 2.24) is 24.5 Å². The zero-order valence-electron chi connectivity index (χ0n) is 12.6. The molecule has 0 radical (unpaired) electrons. The summed E-state index contributed by atoms with van der Waals surface area (Å²) in [5, 5.41) is 8.85. The van der Waals surface area contributed by atoms with Crippen molar-refractivity contribution in [2.45, 2.75) is 45.8 Å². The predicted molar refractivity (Wildman–Crippen MR) is 78.3 cm³/mol. The molecule has 0 unspecified atom stereocenters. The summed E-state index contributed by atoms with van der Waals surface area (Å²) in [7, 11) is 1.97. The van der Waals surface area contributed by atoms with E-state index in [4.69, 9.17) is 0 Å². The van der Waals surface area contributed by atoms with Crippen LogP contribution in [0.2, 0.25) is 0 Å².